The van der Waals surface area contributed by atoms with Crippen LogP contribution in [0.2, 0.25) is 0 Å². The van der Waals surface area contributed by atoms with Crippen molar-refractivity contribution in [2.75, 3.05) is 6.61 Å². The fourth-order valence-corrected chi connectivity index (χ4v) is 3.36. The van der Waals surface area contributed by atoms with Gasteiger partial charge in [-0.1, -0.05) is 94.4 Å². The van der Waals surface area contributed by atoms with Crippen LogP contribution in [0.25, 0.3) is 0 Å². The number of aliphatic hydroxyl groups is 1. The minimum atomic E-state index is -0.786. The molecule has 0 heterocycles. The average Bonchev–Trinajstić information content (AvgIpc) is 2.79. The number of allylic oxidation sites excluding steroid dienone is 1. The van der Waals surface area contributed by atoms with Gasteiger partial charge in [-0.2, -0.15) is 0 Å². The number of carboxylic acids is 1. The van der Waals surface area contributed by atoms with Crippen LogP contribution >= 0.6 is 0 Å². The topological polar surface area (TPSA) is 83.8 Å². The normalized spacial score (nSPS) is 11.6. The van der Waals surface area contributed by atoms with Gasteiger partial charge in [0.2, 0.25) is 0 Å². The van der Waals surface area contributed by atoms with Crippen molar-refractivity contribution in [2.24, 2.45) is 0 Å². The van der Waals surface area contributed by atoms with E-state index in [2.05, 4.69) is 19.1 Å². The van der Waals surface area contributed by atoms with Crippen LogP contribution in [0.5, 0.6) is 0 Å². The number of benzene rings is 1. The number of carbonyl (C=O) groups is 2. The van der Waals surface area contributed by atoms with Crippen molar-refractivity contribution >= 4 is 11.9 Å². The molecule has 33 heavy (non-hydrogen) atoms. The summed E-state index contributed by atoms with van der Waals surface area (Å²) >= 11 is 0. The maximum atomic E-state index is 11.2. The standard InChI is InChI=1S/C20H38O3.C8H8O2/c1-3-5-6-13-16-19(21)17-14-11-9-7-8-10-12-15-18-20(22)23-4-2;9-8(10)6-7-4-2-1-3-5-7/h11,14,19,21H,3-10,12-13,15-18H2,1-2H3;1-5H,6H2,(H,9,10)/b14-11-;/t19-;/m1./s1. The van der Waals surface area contributed by atoms with E-state index in [-0.39, 0.29) is 18.5 Å². The van der Waals surface area contributed by atoms with Crippen molar-refractivity contribution in [2.45, 2.75) is 110 Å². The molecule has 0 fully saturated rings. The minimum Gasteiger partial charge on any atom is -0.481 e. The van der Waals surface area contributed by atoms with Gasteiger partial charge in [0.25, 0.3) is 0 Å². The summed E-state index contributed by atoms with van der Waals surface area (Å²) in [6.07, 6.45) is 18.2. The lowest BCUT2D eigenvalue weighted by atomic mass is 10.1. The molecule has 0 saturated heterocycles. The summed E-state index contributed by atoms with van der Waals surface area (Å²) in [5.41, 5.74) is 0.843. The van der Waals surface area contributed by atoms with E-state index in [0.717, 1.165) is 44.1 Å². The predicted molar refractivity (Wildman–Crippen MR) is 135 cm³/mol. The van der Waals surface area contributed by atoms with Crippen molar-refractivity contribution in [3.63, 3.8) is 0 Å². The molecule has 188 valence electrons. The molecule has 0 saturated carbocycles. The van der Waals surface area contributed by atoms with Gasteiger partial charge in [-0.3, -0.25) is 9.59 Å². The zero-order valence-corrected chi connectivity index (χ0v) is 20.8. The van der Waals surface area contributed by atoms with E-state index < -0.39 is 5.97 Å². The molecule has 0 amide bonds. The molecule has 5 heteroatoms. The van der Waals surface area contributed by atoms with Gasteiger partial charge >= 0.3 is 11.9 Å². The van der Waals surface area contributed by atoms with E-state index in [9.17, 15) is 14.7 Å². The molecule has 1 aromatic carbocycles. The Morgan fingerprint density at radius 2 is 1.58 bits per heavy atom. The molecule has 1 atom stereocenters. The lowest BCUT2D eigenvalue weighted by Gasteiger charge is -2.07. The average molecular weight is 463 g/mol. The van der Waals surface area contributed by atoms with Crippen LogP contribution in [0.15, 0.2) is 42.5 Å². The molecule has 2 N–H and O–H groups in total. The number of esters is 1. The van der Waals surface area contributed by atoms with E-state index in [4.69, 9.17) is 9.84 Å². The monoisotopic (exact) mass is 462 g/mol. The summed E-state index contributed by atoms with van der Waals surface area (Å²) in [5.74, 6) is -0.852. The van der Waals surface area contributed by atoms with E-state index >= 15 is 0 Å². The van der Waals surface area contributed by atoms with Crippen molar-refractivity contribution in [3.05, 3.63) is 48.0 Å². The second-order valence-electron chi connectivity index (χ2n) is 8.38. The fraction of sp³-hybridized carbons (Fsp3) is 0.643. The van der Waals surface area contributed by atoms with Gasteiger partial charge in [0.05, 0.1) is 19.1 Å². The van der Waals surface area contributed by atoms with Crippen molar-refractivity contribution in [1.29, 1.82) is 0 Å². The molecule has 0 aliphatic carbocycles. The van der Waals surface area contributed by atoms with Gasteiger partial charge in [0.1, 0.15) is 0 Å². The SMILES string of the molecule is CCCCCC[C@@H](O)C/C=C\CCCCCCCC(=O)OCC.O=C(O)Cc1ccccc1. The number of rotatable bonds is 18. The quantitative estimate of drug-likeness (QED) is 0.141. The van der Waals surface area contributed by atoms with Crippen LogP contribution < -0.4 is 0 Å². The Morgan fingerprint density at radius 1 is 0.909 bits per heavy atom. The van der Waals surface area contributed by atoms with Gasteiger partial charge < -0.3 is 14.9 Å². The van der Waals surface area contributed by atoms with Crippen molar-refractivity contribution < 1.29 is 24.5 Å². The highest BCUT2D eigenvalue weighted by Crippen LogP contribution is 2.10. The number of carbonyl (C=O) groups excluding carboxylic acids is 1. The number of aliphatic hydroxyl groups excluding tert-OH is 1. The number of hydrogen-bond acceptors (Lipinski definition) is 4. The Morgan fingerprint density at radius 3 is 2.24 bits per heavy atom. The lowest BCUT2D eigenvalue weighted by Crippen LogP contribution is -2.04. The maximum Gasteiger partial charge on any atom is 0.307 e. The molecular weight excluding hydrogens is 416 g/mol. The highest BCUT2D eigenvalue weighted by Gasteiger charge is 2.01. The van der Waals surface area contributed by atoms with Crippen LogP contribution in [-0.2, 0) is 20.7 Å². The smallest absolute Gasteiger partial charge is 0.307 e. The molecule has 0 bridgehead atoms. The van der Waals surface area contributed by atoms with Gasteiger partial charge in [-0.15, -0.1) is 0 Å². The Balaban J connectivity index is 0.000000843. The summed E-state index contributed by atoms with van der Waals surface area (Å²) < 4.78 is 4.90. The lowest BCUT2D eigenvalue weighted by molar-refractivity contribution is -0.143. The second kappa shape index (κ2) is 23.0. The molecule has 0 radical (unpaired) electrons. The molecule has 0 aliphatic heterocycles. The maximum absolute atomic E-state index is 11.2. The third-order valence-electron chi connectivity index (χ3n) is 5.22. The third-order valence-corrected chi connectivity index (χ3v) is 5.22. The summed E-state index contributed by atoms with van der Waals surface area (Å²) in [5, 5.41) is 18.2. The highest BCUT2D eigenvalue weighted by molar-refractivity contribution is 5.70. The van der Waals surface area contributed by atoms with Crippen LogP contribution in [0.1, 0.15) is 103 Å². The summed E-state index contributed by atoms with van der Waals surface area (Å²) in [4.78, 5) is 21.3. The first-order valence-electron chi connectivity index (χ1n) is 12.7. The molecule has 0 spiro atoms. The molecule has 5 nitrogen and oxygen atoms in total. The van der Waals surface area contributed by atoms with Gasteiger partial charge in [-0.25, -0.2) is 0 Å². The van der Waals surface area contributed by atoms with Gasteiger partial charge in [-0.05, 0) is 44.6 Å². The number of carboxylic acid groups (broad SMARTS) is 1. The van der Waals surface area contributed by atoms with Crippen molar-refractivity contribution in [3.8, 4) is 0 Å². The predicted octanol–water partition coefficient (Wildman–Crippen LogP) is 6.87. The largest absolute Gasteiger partial charge is 0.481 e. The molecular formula is C28H46O5. The third kappa shape index (κ3) is 22.8. The fourth-order valence-electron chi connectivity index (χ4n) is 3.36. The summed E-state index contributed by atoms with van der Waals surface area (Å²) in [6.45, 7) is 4.54. The first kappa shape index (κ1) is 30.9. The number of aliphatic carboxylic acids is 1. The van der Waals surface area contributed by atoms with Crippen LogP contribution in [0, 0.1) is 0 Å². The Bertz CT molecular complexity index is 612. The minimum absolute atomic E-state index is 0.0660. The van der Waals surface area contributed by atoms with Gasteiger partial charge in [0, 0.05) is 6.42 Å². The van der Waals surface area contributed by atoms with Gasteiger partial charge in [0.15, 0.2) is 0 Å². The Labute approximate surface area is 201 Å². The van der Waals surface area contributed by atoms with E-state index in [0.29, 0.717) is 13.0 Å². The zero-order chi connectivity index (χ0) is 24.6. The van der Waals surface area contributed by atoms with E-state index in [1.807, 2.05) is 25.1 Å². The summed E-state index contributed by atoms with van der Waals surface area (Å²) in [7, 11) is 0. The summed E-state index contributed by atoms with van der Waals surface area (Å²) in [6, 6.07) is 9.13. The number of hydrogen-bond donors (Lipinski definition) is 2. The molecule has 0 unspecified atom stereocenters. The van der Waals surface area contributed by atoms with Crippen molar-refractivity contribution in [1.82, 2.24) is 0 Å². The first-order valence-corrected chi connectivity index (χ1v) is 12.7. The van der Waals surface area contributed by atoms with Crippen LogP contribution in [-0.4, -0.2) is 34.9 Å². The number of unbranched alkanes of at least 4 members (excludes halogenated alkanes) is 8. The van der Waals surface area contributed by atoms with E-state index in [1.54, 1.807) is 12.1 Å². The molecule has 0 aromatic heterocycles. The molecule has 0 aliphatic rings. The van der Waals surface area contributed by atoms with Crippen LogP contribution in [0.3, 0.4) is 0 Å². The van der Waals surface area contributed by atoms with E-state index in [1.165, 1.54) is 38.5 Å². The molecule has 1 aromatic rings. The zero-order valence-electron chi connectivity index (χ0n) is 20.8. The Hall–Kier alpha value is -2.14. The Kier molecular flexibility index (Phi) is 21.5. The first-order chi connectivity index (χ1) is 16.0. The highest BCUT2D eigenvalue weighted by atomic mass is 16.5. The second-order valence-corrected chi connectivity index (χ2v) is 8.38. The molecule has 1 rings (SSSR count). The van der Waals surface area contributed by atoms with Crippen LogP contribution in [0.4, 0.5) is 0 Å². The number of ether oxygens (including phenoxy) is 1.